The Balaban J connectivity index is 2.14. The standard InChI is InChI=1S/C18H15NO2S/c1-12(18(20)21)22-17-11-16(13-7-3-2-4-8-13)19-15-10-6-5-9-14(15)17/h2-12H,1H3,(H,20,21). The fourth-order valence-electron chi connectivity index (χ4n) is 2.24. The van der Waals surface area contributed by atoms with Gasteiger partial charge in [-0.15, -0.1) is 11.8 Å². The molecule has 0 radical (unpaired) electrons. The van der Waals surface area contributed by atoms with Gasteiger partial charge < -0.3 is 5.11 Å². The number of hydrogen-bond donors (Lipinski definition) is 1. The number of carboxylic acids is 1. The molecule has 1 aromatic heterocycles. The quantitative estimate of drug-likeness (QED) is 0.723. The van der Waals surface area contributed by atoms with Gasteiger partial charge in [-0.2, -0.15) is 0 Å². The van der Waals surface area contributed by atoms with Crippen LogP contribution in [0.25, 0.3) is 22.2 Å². The summed E-state index contributed by atoms with van der Waals surface area (Å²) in [4.78, 5) is 16.8. The molecule has 22 heavy (non-hydrogen) atoms. The summed E-state index contributed by atoms with van der Waals surface area (Å²) in [5.41, 5.74) is 2.77. The molecule has 3 aromatic rings. The predicted octanol–water partition coefficient (Wildman–Crippen LogP) is 4.47. The molecule has 4 heteroatoms. The average Bonchev–Trinajstić information content (AvgIpc) is 2.55. The van der Waals surface area contributed by atoms with Gasteiger partial charge in [-0.3, -0.25) is 4.79 Å². The maximum Gasteiger partial charge on any atom is 0.316 e. The first-order valence-electron chi connectivity index (χ1n) is 7.00. The molecule has 0 spiro atoms. The molecule has 0 saturated carbocycles. The number of benzene rings is 2. The van der Waals surface area contributed by atoms with E-state index in [2.05, 4.69) is 0 Å². The van der Waals surface area contributed by atoms with E-state index in [0.29, 0.717) is 0 Å². The molecule has 1 N–H and O–H groups in total. The zero-order valence-electron chi connectivity index (χ0n) is 12.1. The second-order valence-corrected chi connectivity index (χ2v) is 6.37. The van der Waals surface area contributed by atoms with E-state index in [1.54, 1.807) is 6.92 Å². The van der Waals surface area contributed by atoms with Gasteiger partial charge >= 0.3 is 5.97 Å². The van der Waals surface area contributed by atoms with Crippen molar-refractivity contribution < 1.29 is 9.90 Å². The maximum atomic E-state index is 11.2. The van der Waals surface area contributed by atoms with Crippen LogP contribution in [0.4, 0.5) is 0 Å². The highest BCUT2D eigenvalue weighted by molar-refractivity contribution is 8.00. The van der Waals surface area contributed by atoms with Crippen LogP contribution in [0.2, 0.25) is 0 Å². The van der Waals surface area contributed by atoms with E-state index in [-0.39, 0.29) is 0 Å². The lowest BCUT2D eigenvalue weighted by Crippen LogP contribution is -2.11. The van der Waals surface area contributed by atoms with Crippen LogP contribution in [0.3, 0.4) is 0 Å². The van der Waals surface area contributed by atoms with Crippen molar-refractivity contribution in [3.8, 4) is 11.3 Å². The van der Waals surface area contributed by atoms with Gasteiger partial charge in [-0.1, -0.05) is 48.5 Å². The number of nitrogens with zero attached hydrogens (tertiary/aromatic N) is 1. The van der Waals surface area contributed by atoms with Crippen molar-refractivity contribution in [3.05, 3.63) is 60.7 Å². The molecule has 0 aliphatic rings. The number of fused-ring (bicyclic) bond motifs is 1. The minimum absolute atomic E-state index is 0.505. The van der Waals surface area contributed by atoms with E-state index in [9.17, 15) is 4.79 Å². The van der Waals surface area contributed by atoms with Crippen LogP contribution in [-0.4, -0.2) is 21.3 Å². The Kier molecular flexibility index (Phi) is 4.11. The molecule has 3 rings (SSSR count). The zero-order chi connectivity index (χ0) is 15.5. The maximum absolute atomic E-state index is 11.2. The highest BCUT2D eigenvalue weighted by Gasteiger charge is 2.15. The minimum atomic E-state index is -0.813. The van der Waals surface area contributed by atoms with Gasteiger partial charge in [0.15, 0.2) is 0 Å². The number of thioether (sulfide) groups is 1. The van der Waals surface area contributed by atoms with Crippen molar-refractivity contribution in [1.29, 1.82) is 0 Å². The second kappa shape index (κ2) is 6.20. The molecule has 3 nitrogen and oxygen atoms in total. The molecule has 1 heterocycles. The van der Waals surface area contributed by atoms with Gasteiger partial charge in [0, 0.05) is 15.8 Å². The molecule has 2 aromatic carbocycles. The van der Waals surface area contributed by atoms with E-state index < -0.39 is 11.2 Å². The Hall–Kier alpha value is -2.33. The summed E-state index contributed by atoms with van der Waals surface area (Å²) in [5, 5.41) is 9.65. The fourth-order valence-corrected chi connectivity index (χ4v) is 3.20. The van der Waals surface area contributed by atoms with Crippen LogP contribution in [0.15, 0.2) is 65.6 Å². The molecule has 0 amide bonds. The Morgan fingerprint density at radius 2 is 1.77 bits per heavy atom. The lowest BCUT2D eigenvalue weighted by Gasteiger charge is -2.11. The summed E-state index contributed by atoms with van der Waals surface area (Å²) < 4.78 is 0. The van der Waals surface area contributed by atoms with Crippen molar-refractivity contribution >= 4 is 28.6 Å². The molecular formula is C18H15NO2S. The van der Waals surface area contributed by atoms with Gasteiger partial charge in [0.2, 0.25) is 0 Å². The number of carboxylic acid groups (broad SMARTS) is 1. The number of aliphatic carboxylic acids is 1. The van der Waals surface area contributed by atoms with Crippen molar-refractivity contribution in [2.45, 2.75) is 17.1 Å². The Bertz CT molecular complexity index is 818. The monoisotopic (exact) mass is 309 g/mol. The van der Waals surface area contributed by atoms with E-state index >= 15 is 0 Å². The fraction of sp³-hybridized carbons (Fsp3) is 0.111. The lowest BCUT2D eigenvalue weighted by atomic mass is 10.1. The summed E-state index contributed by atoms with van der Waals surface area (Å²) in [6, 6.07) is 19.7. The normalized spacial score (nSPS) is 12.2. The topological polar surface area (TPSA) is 50.2 Å². The van der Waals surface area contributed by atoms with Crippen molar-refractivity contribution in [2.24, 2.45) is 0 Å². The Morgan fingerprint density at radius 1 is 1.09 bits per heavy atom. The third-order valence-corrected chi connectivity index (χ3v) is 4.55. The first kappa shape index (κ1) is 14.6. The van der Waals surface area contributed by atoms with Crippen molar-refractivity contribution in [1.82, 2.24) is 4.98 Å². The third kappa shape index (κ3) is 2.97. The van der Waals surface area contributed by atoms with E-state index in [0.717, 1.165) is 27.1 Å². The van der Waals surface area contributed by atoms with E-state index in [1.807, 2.05) is 60.7 Å². The van der Waals surface area contributed by atoms with Crippen LogP contribution in [0.5, 0.6) is 0 Å². The molecule has 1 atom stereocenters. The number of para-hydroxylation sites is 1. The first-order valence-corrected chi connectivity index (χ1v) is 7.88. The second-order valence-electron chi connectivity index (χ2n) is 4.99. The molecule has 1 unspecified atom stereocenters. The van der Waals surface area contributed by atoms with Crippen molar-refractivity contribution in [3.63, 3.8) is 0 Å². The number of aromatic nitrogens is 1. The minimum Gasteiger partial charge on any atom is -0.480 e. The largest absolute Gasteiger partial charge is 0.480 e. The van der Waals surface area contributed by atoms with E-state index in [1.165, 1.54) is 11.8 Å². The summed E-state index contributed by atoms with van der Waals surface area (Å²) in [7, 11) is 0. The SMILES string of the molecule is CC(Sc1cc(-c2ccccc2)nc2ccccc12)C(=O)O. The van der Waals surface area contributed by atoms with Crippen LogP contribution in [0, 0.1) is 0 Å². The summed E-state index contributed by atoms with van der Waals surface area (Å²) in [6.45, 7) is 1.70. The number of hydrogen-bond acceptors (Lipinski definition) is 3. The van der Waals surface area contributed by atoms with Crippen LogP contribution < -0.4 is 0 Å². The molecule has 110 valence electrons. The molecule has 0 saturated heterocycles. The molecular weight excluding hydrogens is 294 g/mol. The molecule has 0 fully saturated rings. The summed E-state index contributed by atoms with van der Waals surface area (Å²) in [5.74, 6) is -0.813. The van der Waals surface area contributed by atoms with E-state index in [4.69, 9.17) is 10.1 Å². The zero-order valence-corrected chi connectivity index (χ0v) is 12.9. The highest BCUT2D eigenvalue weighted by Crippen LogP contribution is 2.33. The van der Waals surface area contributed by atoms with Gasteiger partial charge in [-0.05, 0) is 19.1 Å². The molecule has 0 bridgehead atoms. The Labute approximate surface area is 133 Å². The smallest absolute Gasteiger partial charge is 0.316 e. The summed E-state index contributed by atoms with van der Waals surface area (Å²) in [6.07, 6.45) is 0. The van der Waals surface area contributed by atoms with Gasteiger partial charge in [0.25, 0.3) is 0 Å². The molecule has 0 aliphatic carbocycles. The predicted molar refractivity (Wildman–Crippen MR) is 90.1 cm³/mol. The summed E-state index contributed by atoms with van der Waals surface area (Å²) >= 11 is 1.35. The Morgan fingerprint density at radius 3 is 2.50 bits per heavy atom. The van der Waals surface area contributed by atoms with Gasteiger partial charge in [0.05, 0.1) is 11.2 Å². The molecule has 0 aliphatic heterocycles. The number of pyridine rings is 1. The van der Waals surface area contributed by atoms with Gasteiger partial charge in [0.1, 0.15) is 5.25 Å². The first-order chi connectivity index (χ1) is 10.6. The van der Waals surface area contributed by atoms with Crippen LogP contribution in [-0.2, 0) is 4.79 Å². The highest BCUT2D eigenvalue weighted by atomic mass is 32.2. The van der Waals surface area contributed by atoms with Crippen molar-refractivity contribution in [2.75, 3.05) is 0 Å². The lowest BCUT2D eigenvalue weighted by molar-refractivity contribution is -0.136. The van der Waals surface area contributed by atoms with Crippen LogP contribution in [0.1, 0.15) is 6.92 Å². The third-order valence-electron chi connectivity index (χ3n) is 3.40. The average molecular weight is 309 g/mol. The van der Waals surface area contributed by atoms with Crippen LogP contribution >= 0.6 is 11.8 Å². The van der Waals surface area contributed by atoms with Gasteiger partial charge in [-0.25, -0.2) is 4.98 Å². The number of rotatable bonds is 4. The number of carbonyl (C=O) groups is 1.